The number of ether oxygens (including phenoxy) is 2. The maximum atomic E-state index is 11.0. The van der Waals surface area contributed by atoms with Crippen molar-refractivity contribution in [3.05, 3.63) is 23.0 Å². The van der Waals surface area contributed by atoms with Gasteiger partial charge >= 0.3 is 0 Å². The molecule has 22 heavy (non-hydrogen) atoms. The molecule has 1 saturated heterocycles. The van der Waals surface area contributed by atoms with Crippen molar-refractivity contribution in [2.45, 2.75) is 50.4 Å². The van der Waals surface area contributed by atoms with Crippen LogP contribution < -0.4 is 4.74 Å². The SMILES string of the molecule is CCCCOc1noc2c1C(O)C13OC(C=C1CO)C[C@H]3C2. The van der Waals surface area contributed by atoms with Gasteiger partial charge in [0, 0.05) is 12.3 Å². The van der Waals surface area contributed by atoms with Gasteiger partial charge < -0.3 is 24.2 Å². The zero-order valence-corrected chi connectivity index (χ0v) is 12.6. The van der Waals surface area contributed by atoms with Crippen LogP contribution in [0, 0.1) is 5.92 Å². The summed E-state index contributed by atoms with van der Waals surface area (Å²) in [4.78, 5) is 0. The summed E-state index contributed by atoms with van der Waals surface area (Å²) in [6.45, 7) is 2.53. The first-order valence-electron chi connectivity index (χ1n) is 7.99. The third-order valence-electron chi connectivity index (χ3n) is 5.15. The molecule has 4 rings (SSSR count). The summed E-state index contributed by atoms with van der Waals surface area (Å²) in [6, 6.07) is 0. The van der Waals surface area contributed by atoms with Crippen molar-refractivity contribution >= 4 is 0 Å². The Balaban J connectivity index is 1.69. The van der Waals surface area contributed by atoms with E-state index >= 15 is 0 Å². The largest absolute Gasteiger partial charge is 0.475 e. The van der Waals surface area contributed by atoms with Crippen LogP contribution >= 0.6 is 0 Å². The summed E-state index contributed by atoms with van der Waals surface area (Å²) in [5.74, 6) is 1.16. The fourth-order valence-corrected chi connectivity index (χ4v) is 4.11. The molecule has 2 N–H and O–H groups in total. The van der Waals surface area contributed by atoms with Crippen LogP contribution in [0.1, 0.15) is 43.6 Å². The highest BCUT2D eigenvalue weighted by molar-refractivity contribution is 5.45. The van der Waals surface area contributed by atoms with E-state index in [0.717, 1.165) is 24.8 Å². The van der Waals surface area contributed by atoms with E-state index in [1.54, 1.807) is 0 Å². The average molecular weight is 307 g/mol. The Morgan fingerprint density at radius 3 is 3.14 bits per heavy atom. The lowest BCUT2D eigenvalue weighted by molar-refractivity contribution is -0.0998. The van der Waals surface area contributed by atoms with Gasteiger partial charge in [-0.3, -0.25) is 0 Å². The fourth-order valence-electron chi connectivity index (χ4n) is 4.11. The normalized spacial score (nSPS) is 35.2. The first-order valence-corrected chi connectivity index (χ1v) is 7.99. The minimum Gasteiger partial charge on any atom is -0.475 e. The summed E-state index contributed by atoms with van der Waals surface area (Å²) >= 11 is 0. The highest BCUT2D eigenvalue weighted by Gasteiger charge is 2.63. The van der Waals surface area contributed by atoms with Gasteiger partial charge in [0.15, 0.2) is 0 Å². The Morgan fingerprint density at radius 1 is 1.50 bits per heavy atom. The fraction of sp³-hybridized carbons (Fsp3) is 0.688. The molecule has 120 valence electrons. The Bertz CT molecular complexity index is 610. The van der Waals surface area contributed by atoms with Crippen LogP contribution in [0.4, 0.5) is 0 Å². The van der Waals surface area contributed by atoms with Crippen LogP contribution in [0.5, 0.6) is 5.88 Å². The molecule has 2 aliphatic heterocycles. The molecule has 1 aromatic heterocycles. The molecule has 3 unspecified atom stereocenters. The van der Waals surface area contributed by atoms with E-state index in [2.05, 4.69) is 12.1 Å². The Hall–Kier alpha value is -1.37. The van der Waals surface area contributed by atoms with Gasteiger partial charge in [-0.1, -0.05) is 19.4 Å². The van der Waals surface area contributed by atoms with Crippen molar-refractivity contribution in [1.29, 1.82) is 0 Å². The van der Waals surface area contributed by atoms with Gasteiger partial charge in [-0.2, -0.15) is 0 Å². The lowest BCUT2D eigenvalue weighted by Crippen LogP contribution is -2.47. The Morgan fingerprint density at radius 2 is 2.36 bits per heavy atom. The second-order valence-corrected chi connectivity index (χ2v) is 6.37. The number of aromatic nitrogens is 1. The smallest absolute Gasteiger partial charge is 0.260 e. The molecular weight excluding hydrogens is 286 g/mol. The van der Waals surface area contributed by atoms with E-state index in [-0.39, 0.29) is 18.6 Å². The third-order valence-corrected chi connectivity index (χ3v) is 5.15. The number of hydrogen-bond donors (Lipinski definition) is 2. The predicted molar refractivity (Wildman–Crippen MR) is 76.4 cm³/mol. The standard InChI is InChI=1S/C16H21NO5/c1-2-3-4-20-15-13-12(22-17-15)7-9-5-11-6-10(8-18)16(9,21-11)14(13)19/h6,9,11,14,18-19H,2-5,7-8H2,1H3/t9-,11?,14?,16?/m0/s1. The summed E-state index contributed by atoms with van der Waals surface area (Å²) in [5, 5.41) is 24.6. The van der Waals surface area contributed by atoms with Crippen molar-refractivity contribution in [2.24, 2.45) is 5.92 Å². The Kier molecular flexibility index (Phi) is 3.29. The lowest BCUT2D eigenvalue weighted by atomic mass is 9.67. The molecule has 0 aromatic carbocycles. The number of unbranched alkanes of at least 4 members (excludes halogenated alkanes) is 1. The van der Waals surface area contributed by atoms with Crippen LogP contribution in [0.3, 0.4) is 0 Å². The first kappa shape index (κ1) is 14.2. The summed E-state index contributed by atoms with van der Waals surface area (Å²) in [6.07, 6.45) is 4.45. The lowest BCUT2D eigenvalue weighted by Gasteiger charge is -2.41. The Labute approximate surface area is 128 Å². The van der Waals surface area contributed by atoms with Crippen molar-refractivity contribution in [3.8, 4) is 5.88 Å². The van der Waals surface area contributed by atoms with Crippen LogP contribution in [-0.4, -0.2) is 40.3 Å². The van der Waals surface area contributed by atoms with Crippen molar-refractivity contribution in [3.63, 3.8) is 0 Å². The van der Waals surface area contributed by atoms with Crippen molar-refractivity contribution in [1.82, 2.24) is 5.16 Å². The van der Waals surface area contributed by atoms with Crippen LogP contribution in [0.15, 0.2) is 16.2 Å². The third kappa shape index (κ3) is 1.74. The molecule has 0 saturated carbocycles. The molecule has 2 bridgehead atoms. The maximum Gasteiger partial charge on any atom is 0.260 e. The molecule has 3 aliphatic rings. The quantitative estimate of drug-likeness (QED) is 0.634. The highest BCUT2D eigenvalue weighted by Crippen LogP contribution is 2.59. The van der Waals surface area contributed by atoms with Gasteiger partial charge in [0.1, 0.15) is 17.5 Å². The summed E-state index contributed by atoms with van der Waals surface area (Å²) in [5.41, 5.74) is 0.530. The van der Waals surface area contributed by atoms with E-state index < -0.39 is 11.7 Å². The first-order chi connectivity index (χ1) is 10.7. The minimum absolute atomic E-state index is 0.0248. The van der Waals surface area contributed by atoms with Gasteiger partial charge in [-0.25, -0.2) is 0 Å². The molecule has 0 radical (unpaired) electrons. The van der Waals surface area contributed by atoms with Gasteiger partial charge in [-0.15, -0.1) is 0 Å². The molecule has 3 heterocycles. The maximum absolute atomic E-state index is 11.0. The molecule has 6 heteroatoms. The minimum atomic E-state index is -0.907. The monoisotopic (exact) mass is 307 g/mol. The van der Waals surface area contributed by atoms with E-state index in [4.69, 9.17) is 14.0 Å². The van der Waals surface area contributed by atoms with E-state index in [1.165, 1.54) is 0 Å². The molecule has 0 amide bonds. The van der Waals surface area contributed by atoms with Crippen LogP contribution in [0.2, 0.25) is 0 Å². The van der Waals surface area contributed by atoms with E-state index in [0.29, 0.717) is 30.2 Å². The van der Waals surface area contributed by atoms with Crippen LogP contribution in [0.25, 0.3) is 0 Å². The van der Waals surface area contributed by atoms with Gasteiger partial charge in [-0.05, 0) is 23.6 Å². The molecule has 1 spiro atoms. The van der Waals surface area contributed by atoms with Crippen molar-refractivity contribution in [2.75, 3.05) is 13.2 Å². The topological polar surface area (TPSA) is 85.0 Å². The zero-order valence-electron chi connectivity index (χ0n) is 12.6. The summed E-state index contributed by atoms with van der Waals surface area (Å²) < 4.78 is 17.1. The molecular formula is C16H21NO5. The average Bonchev–Trinajstić information content (AvgIpc) is 3.18. The van der Waals surface area contributed by atoms with Crippen LogP contribution in [-0.2, 0) is 11.2 Å². The molecule has 1 fully saturated rings. The van der Waals surface area contributed by atoms with Gasteiger partial charge in [0.2, 0.25) is 0 Å². The molecule has 4 atom stereocenters. The van der Waals surface area contributed by atoms with Crippen molar-refractivity contribution < 1.29 is 24.2 Å². The number of fused-ring (bicyclic) bond motifs is 2. The number of aliphatic hydroxyl groups excluding tert-OH is 2. The second-order valence-electron chi connectivity index (χ2n) is 6.37. The molecule has 1 aliphatic carbocycles. The second kappa shape index (κ2) is 5.08. The van der Waals surface area contributed by atoms with Gasteiger partial charge in [0.05, 0.1) is 24.9 Å². The predicted octanol–water partition coefficient (Wildman–Crippen LogP) is 1.52. The highest BCUT2D eigenvalue weighted by atomic mass is 16.6. The zero-order chi connectivity index (χ0) is 15.3. The number of rotatable bonds is 5. The molecule has 6 nitrogen and oxygen atoms in total. The van der Waals surface area contributed by atoms with E-state index in [9.17, 15) is 10.2 Å². The number of hydrogen-bond acceptors (Lipinski definition) is 6. The number of nitrogens with zero attached hydrogens (tertiary/aromatic N) is 1. The van der Waals surface area contributed by atoms with E-state index in [1.807, 2.05) is 6.08 Å². The molecule has 1 aromatic rings. The van der Waals surface area contributed by atoms with Gasteiger partial charge in [0.25, 0.3) is 5.88 Å². The number of aliphatic hydroxyl groups is 2. The summed E-state index contributed by atoms with van der Waals surface area (Å²) in [7, 11) is 0.